The number of rotatable bonds is 4. The number of hydrogen-bond acceptors (Lipinski definition) is 2. The first-order valence-electron chi connectivity index (χ1n) is 5.23. The van der Waals surface area contributed by atoms with Crippen LogP contribution in [0.2, 0.25) is 6.32 Å². The molecular weight excluding hydrogens is 177 g/mol. The van der Waals surface area contributed by atoms with E-state index in [1.165, 1.54) is 0 Å². The van der Waals surface area contributed by atoms with Gasteiger partial charge in [-0.3, -0.25) is 4.79 Å². The van der Waals surface area contributed by atoms with Crippen LogP contribution in [0.1, 0.15) is 32.6 Å². The van der Waals surface area contributed by atoms with Gasteiger partial charge in [0.15, 0.2) is 0 Å². The molecule has 1 aliphatic carbocycles. The molecule has 0 heterocycles. The molecule has 0 aromatic rings. The van der Waals surface area contributed by atoms with E-state index in [0.717, 1.165) is 19.3 Å². The van der Waals surface area contributed by atoms with Crippen molar-refractivity contribution in [3.8, 4) is 0 Å². The fourth-order valence-corrected chi connectivity index (χ4v) is 2.52. The highest BCUT2D eigenvalue weighted by atomic mass is 16.4. The fourth-order valence-electron chi connectivity index (χ4n) is 2.52. The van der Waals surface area contributed by atoms with Gasteiger partial charge in [-0.15, -0.1) is 0 Å². The molecule has 3 nitrogen and oxygen atoms in total. The Morgan fingerprint density at radius 1 is 1.71 bits per heavy atom. The van der Waals surface area contributed by atoms with Crippen molar-refractivity contribution >= 4 is 13.8 Å². The third-order valence-electron chi connectivity index (χ3n) is 3.26. The molecule has 1 aliphatic rings. The first-order chi connectivity index (χ1) is 6.50. The molecule has 1 fully saturated rings. The van der Waals surface area contributed by atoms with Gasteiger partial charge in [-0.05, 0) is 31.1 Å². The van der Waals surface area contributed by atoms with Crippen molar-refractivity contribution in [1.29, 1.82) is 0 Å². The molecule has 4 heteroatoms. The number of aliphatic carboxylic acids is 1. The summed E-state index contributed by atoms with van der Waals surface area (Å²) < 4.78 is 0. The van der Waals surface area contributed by atoms with E-state index in [1.807, 2.05) is 0 Å². The summed E-state index contributed by atoms with van der Waals surface area (Å²) in [6.07, 6.45) is 3.83. The Bertz CT molecular complexity index is 222. The van der Waals surface area contributed by atoms with Crippen molar-refractivity contribution in [3.63, 3.8) is 0 Å². The summed E-state index contributed by atoms with van der Waals surface area (Å²) in [6, 6.07) is 0. The molecule has 0 unspecified atom stereocenters. The van der Waals surface area contributed by atoms with Crippen LogP contribution >= 0.6 is 0 Å². The van der Waals surface area contributed by atoms with Crippen LogP contribution in [0.3, 0.4) is 0 Å². The van der Waals surface area contributed by atoms with Crippen LogP contribution < -0.4 is 5.73 Å². The average Bonchev–Trinajstić information content (AvgIpc) is 2.39. The third kappa shape index (κ3) is 2.11. The monoisotopic (exact) mass is 195 g/mol. The summed E-state index contributed by atoms with van der Waals surface area (Å²) in [7, 11) is 5.42. The lowest BCUT2D eigenvalue weighted by atomic mass is 9.83. The predicted molar refractivity (Wildman–Crippen MR) is 56.2 cm³/mol. The van der Waals surface area contributed by atoms with E-state index in [9.17, 15) is 4.79 Å². The number of carbonyl (C=O) groups is 1. The smallest absolute Gasteiger partial charge is 0.323 e. The topological polar surface area (TPSA) is 63.3 Å². The van der Waals surface area contributed by atoms with E-state index in [0.29, 0.717) is 18.7 Å². The van der Waals surface area contributed by atoms with Crippen LogP contribution in [0, 0.1) is 11.8 Å². The molecule has 14 heavy (non-hydrogen) atoms. The molecule has 78 valence electrons. The van der Waals surface area contributed by atoms with E-state index in [2.05, 4.69) is 6.92 Å². The fraction of sp³-hybridized carbons (Fsp3) is 0.900. The highest BCUT2D eigenvalue weighted by Crippen LogP contribution is 2.40. The van der Waals surface area contributed by atoms with Crippen molar-refractivity contribution in [3.05, 3.63) is 0 Å². The van der Waals surface area contributed by atoms with Crippen LogP contribution in [-0.2, 0) is 4.79 Å². The minimum absolute atomic E-state index is 0.0959. The second-order valence-electron chi connectivity index (χ2n) is 4.52. The Morgan fingerprint density at radius 2 is 2.36 bits per heavy atom. The highest BCUT2D eigenvalue weighted by molar-refractivity contribution is 6.08. The normalized spacial score (nSPS) is 37.3. The summed E-state index contributed by atoms with van der Waals surface area (Å²) in [4.78, 5) is 11.1. The van der Waals surface area contributed by atoms with Crippen molar-refractivity contribution < 1.29 is 9.90 Å². The molecule has 0 aromatic heterocycles. The second kappa shape index (κ2) is 4.34. The van der Waals surface area contributed by atoms with Crippen LogP contribution in [0.25, 0.3) is 0 Å². The molecule has 2 radical (unpaired) electrons. The molecule has 0 spiro atoms. The van der Waals surface area contributed by atoms with Crippen molar-refractivity contribution in [1.82, 2.24) is 0 Å². The molecular formula is C10H18BNO2. The predicted octanol–water partition coefficient (Wildman–Crippen LogP) is 1.18. The van der Waals surface area contributed by atoms with Gasteiger partial charge in [0.25, 0.3) is 0 Å². The number of hydrogen-bond donors (Lipinski definition) is 2. The minimum Gasteiger partial charge on any atom is -0.480 e. The van der Waals surface area contributed by atoms with Gasteiger partial charge in [0, 0.05) is 0 Å². The second-order valence-corrected chi connectivity index (χ2v) is 4.52. The molecule has 1 rings (SSSR count). The molecule has 0 aromatic carbocycles. The van der Waals surface area contributed by atoms with E-state index >= 15 is 0 Å². The Kier molecular flexibility index (Phi) is 3.59. The summed E-state index contributed by atoms with van der Waals surface area (Å²) >= 11 is 0. The maximum Gasteiger partial charge on any atom is 0.323 e. The van der Waals surface area contributed by atoms with Crippen molar-refractivity contribution in [2.24, 2.45) is 17.6 Å². The zero-order valence-corrected chi connectivity index (χ0v) is 8.70. The van der Waals surface area contributed by atoms with Gasteiger partial charge >= 0.3 is 5.97 Å². The van der Waals surface area contributed by atoms with Crippen LogP contribution in [0.4, 0.5) is 0 Å². The summed E-state index contributed by atoms with van der Waals surface area (Å²) in [5, 5.41) is 9.10. The Morgan fingerprint density at radius 3 is 2.86 bits per heavy atom. The van der Waals surface area contributed by atoms with Crippen LogP contribution in [0.5, 0.6) is 0 Å². The lowest BCUT2D eigenvalue weighted by Gasteiger charge is -2.26. The van der Waals surface area contributed by atoms with Gasteiger partial charge in [-0.1, -0.05) is 19.7 Å². The van der Waals surface area contributed by atoms with E-state index < -0.39 is 11.5 Å². The molecule has 0 amide bonds. The standard InChI is InChI=1S/C10H18BNO2/c1-7-5-8(3-2-4-11)10(12,6-7)9(13)14/h7-8H,2-6,12H2,1H3,(H,13,14)/t7-,8-,10-/m0/s1. The third-order valence-corrected chi connectivity index (χ3v) is 3.26. The van der Waals surface area contributed by atoms with Crippen LogP contribution in [0.15, 0.2) is 0 Å². The number of carboxylic acids is 1. The quantitative estimate of drug-likeness (QED) is 0.662. The van der Waals surface area contributed by atoms with Gasteiger partial charge in [0.05, 0.1) is 7.85 Å². The Balaban J connectivity index is 2.66. The maximum absolute atomic E-state index is 11.1. The van der Waals surface area contributed by atoms with Gasteiger partial charge in [0.1, 0.15) is 5.54 Å². The van der Waals surface area contributed by atoms with Crippen molar-refractivity contribution in [2.75, 3.05) is 0 Å². The molecule has 0 bridgehead atoms. The molecule has 1 saturated carbocycles. The van der Waals surface area contributed by atoms with E-state index in [1.54, 1.807) is 0 Å². The lowest BCUT2D eigenvalue weighted by molar-refractivity contribution is -0.145. The largest absolute Gasteiger partial charge is 0.480 e. The molecule has 0 aliphatic heterocycles. The summed E-state index contributed by atoms with van der Waals surface area (Å²) in [6.45, 7) is 2.06. The minimum atomic E-state index is -1.01. The zero-order valence-electron chi connectivity index (χ0n) is 8.70. The van der Waals surface area contributed by atoms with Crippen LogP contribution in [-0.4, -0.2) is 24.5 Å². The van der Waals surface area contributed by atoms with Gasteiger partial charge < -0.3 is 10.8 Å². The number of nitrogens with two attached hydrogens (primary N) is 1. The Hall–Kier alpha value is -0.505. The van der Waals surface area contributed by atoms with Gasteiger partial charge in [-0.25, -0.2) is 0 Å². The average molecular weight is 195 g/mol. The Labute approximate surface area is 86.5 Å². The zero-order chi connectivity index (χ0) is 10.8. The summed E-state index contributed by atoms with van der Waals surface area (Å²) in [5.41, 5.74) is 4.93. The van der Waals surface area contributed by atoms with Crippen molar-refractivity contribution in [2.45, 2.75) is 44.5 Å². The summed E-state index contributed by atoms with van der Waals surface area (Å²) in [5.74, 6) is -0.346. The van der Waals surface area contributed by atoms with Gasteiger partial charge in [0.2, 0.25) is 0 Å². The maximum atomic E-state index is 11.1. The molecule has 3 atom stereocenters. The molecule has 3 N–H and O–H groups in total. The van der Waals surface area contributed by atoms with E-state index in [4.69, 9.17) is 18.7 Å². The first kappa shape index (κ1) is 11.6. The first-order valence-corrected chi connectivity index (χ1v) is 5.23. The van der Waals surface area contributed by atoms with E-state index in [-0.39, 0.29) is 5.92 Å². The molecule has 0 saturated heterocycles. The highest BCUT2D eigenvalue weighted by Gasteiger charge is 2.48. The lowest BCUT2D eigenvalue weighted by Crippen LogP contribution is -2.51. The van der Waals surface area contributed by atoms with Gasteiger partial charge in [-0.2, -0.15) is 0 Å². The number of carboxylic acid groups (broad SMARTS) is 1. The SMILES string of the molecule is [B]CCC[C@H]1C[C@H](C)C[C@@]1(N)C(=O)O.